The molecule has 0 aliphatic carbocycles. The van der Waals surface area contributed by atoms with Crippen molar-refractivity contribution < 1.29 is 27.9 Å². The van der Waals surface area contributed by atoms with Crippen molar-refractivity contribution in [3.05, 3.63) is 33.8 Å². The van der Waals surface area contributed by atoms with Gasteiger partial charge in [0.25, 0.3) is 0 Å². The van der Waals surface area contributed by atoms with Gasteiger partial charge < -0.3 is 10.4 Å². The zero-order valence-corrected chi connectivity index (χ0v) is 11.2. The van der Waals surface area contributed by atoms with Crippen molar-refractivity contribution in [2.24, 2.45) is 0 Å². The highest BCUT2D eigenvalue weighted by atomic mass is 35.5. The zero-order valence-electron chi connectivity index (χ0n) is 9.67. The van der Waals surface area contributed by atoms with Gasteiger partial charge in [-0.25, -0.2) is 4.79 Å². The molecule has 0 fully saturated rings. The lowest BCUT2D eigenvalue weighted by atomic mass is 10.1. The van der Waals surface area contributed by atoms with Crippen molar-refractivity contribution in [2.75, 3.05) is 0 Å². The molecule has 1 unspecified atom stereocenters. The Hall–Kier alpha value is -1.47. The quantitative estimate of drug-likeness (QED) is 0.892. The summed E-state index contributed by atoms with van der Waals surface area (Å²) in [5, 5.41) is 10.6. The van der Waals surface area contributed by atoms with Gasteiger partial charge in [0, 0.05) is 16.5 Å². The predicted molar refractivity (Wildman–Crippen MR) is 65.8 cm³/mol. The third kappa shape index (κ3) is 4.57. The molecule has 2 N–H and O–H groups in total. The molecule has 0 radical (unpaired) electrons. The first-order valence-electron chi connectivity index (χ1n) is 5.15. The molecule has 0 spiro atoms. The highest BCUT2D eigenvalue weighted by Gasteiger charge is 2.40. The molecular weight excluding hydrogens is 322 g/mol. The number of benzene rings is 1. The molecule has 110 valence electrons. The van der Waals surface area contributed by atoms with E-state index < -0.39 is 30.5 Å². The van der Waals surface area contributed by atoms with E-state index >= 15 is 0 Å². The van der Waals surface area contributed by atoms with Crippen LogP contribution in [0.4, 0.5) is 13.2 Å². The van der Waals surface area contributed by atoms with E-state index in [-0.39, 0.29) is 15.6 Å². The van der Waals surface area contributed by atoms with Crippen LogP contribution in [0, 0.1) is 0 Å². The number of carbonyl (C=O) groups is 2. The molecule has 0 bridgehead atoms. The molecule has 9 heteroatoms. The normalized spacial score (nSPS) is 12.8. The average Bonchev–Trinajstić information content (AvgIpc) is 2.31. The van der Waals surface area contributed by atoms with Gasteiger partial charge in [0.2, 0.25) is 0 Å². The molecule has 1 aromatic rings. The van der Waals surface area contributed by atoms with Crippen LogP contribution in [-0.2, 0) is 16.0 Å². The van der Waals surface area contributed by atoms with Crippen LogP contribution in [0.25, 0.3) is 0 Å². The smallest absolute Gasteiger partial charge is 0.471 e. The summed E-state index contributed by atoms with van der Waals surface area (Å²) in [5.41, 5.74) is 0.217. The Kier molecular flexibility index (Phi) is 5.24. The van der Waals surface area contributed by atoms with E-state index in [1.807, 2.05) is 0 Å². The van der Waals surface area contributed by atoms with Crippen molar-refractivity contribution in [2.45, 2.75) is 18.6 Å². The van der Waals surface area contributed by atoms with Crippen molar-refractivity contribution in [3.63, 3.8) is 0 Å². The van der Waals surface area contributed by atoms with E-state index in [1.165, 1.54) is 23.5 Å². The summed E-state index contributed by atoms with van der Waals surface area (Å²) in [5.74, 6) is -3.94. The summed E-state index contributed by atoms with van der Waals surface area (Å²) in [6.45, 7) is 0. The minimum absolute atomic E-state index is 0.141. The Morgan fingerprint density at radius 3 is 2.40 bits per heavy atom. The number of amides is 1. The van der Waals surface area contributed by atoms with Crippen LogP contribution < -0.4 is 5.32 Å². The predicted octanol–water partition coefficient (Wildman–Crippen LogP) is 2.67. The fourth-order valence-electron chi connectivity index (χ4n) is 1.36. The number of carboxylic acids is 1. The molecule has 1 rings (SSSR count). The molecule has 0 saturated heterocycles. The van der Waals surface area contributed by atoms with Crippen molar-refractivity contribution in [1.82, 2.24) is 5.32 Å². The molecule has 0 aliphatic heterocycles. The third-order valence-electron chi connectivity index (χ3n) is 2.29. The number of aliphatic carboxylic acids is 1. The second-order valence-electron chi connectivity index (χ2n) is 3.80. The van der Waals surface area contributed by atoms with Crippen LogP contribution in [-0.4, -0.2) is 29.2 Å². The highest BCUT2D eigenvalue weighted by Crippen LogP contribution is 2.22. The van der Waals surface area contributed by atoms with E-state index in [4.69, 9.17) is 28.3 Å². The Bertz CT molecular complexity index is 534. The number of hydrogen-bond acceptors (Lipinski definition) is 2. The van der Waals surface area contributed by atoms with E-state index in [1.54, 1.807) is 0 Å². The van der Waals surface area contributed by atoms with E-state index in [9.17, 15) is 22.8 Å². The minimum Gasteiger partial charge on any atom is -0.480 e. The minimum atomic E-state index is -5.16. The number of halogens is 5. The number of hydrogen-bond donors (Lipinski definition) is 2. The van der Waals surface area contributed by atoms with Crippen molar-refractivity contribution >= 4 is 35.1 Å². The Morgan fingerprint density at radius 1 is 1.30 bits per heavy atom. The summed E-state index contributed by atoms with van der Waals surface area (Å²) < 4.78 is 36.3. The van der Waals surface area contributed by atoms with Crippen LogP contribution in [0.2, 0.25) is 10.0 Å². The van der Waals surface area contributed by atoms with Gasteiger partial charge in [0.15, 0.2) is 0 Å². The first-order valence-corrected chi connectivity index (χ1v) is 5.91. The average molecular weight is 330 g/mol. The maximum absolute atomic E-state index is 12.1. The Balaban J connectivity index is 2.91. The third-order valence-corrected chi connectivity index (χ3v) is 2.90. The van der Waals surface area contributed by atoms with Gasteiger partial charge in [-0.15, -0.1) is 0 Å². The first kappa shape index (κ1) is 16.6. The molecular formula is C11H8Cl2F3NO3. The number of carbonyl (C=O) groups excluding carboxylic acids is 1. The fourth-order valence-corrected chi connectivity index (χ4v) is 1.75. The zero-order chi connectivity index (χ0) is 15.5. The number of carboxylic acid groups (broad SMARTS) is 1. The second-order valence-corrected chi connectivity index (χ2v) is 4.65. The molecule has 20 heavy (non-hydrogen) atoms. The van der Waals surface area contributed by atoms with Gasteiger partial charge in [-0.2, -0.15) is 13.2 Å². The van der Waals surface area contributed by atoms with Gasteiger partial charge in [-0.3, -0.25) is 4.79 Å². The summed E-state index contributed by atoms with van der Waals surface area (Å²) in [4.78, 5) is 21.7. The lowest BCUT2D eigenvalue weighted by Crippen LogP contribution is -2.47. The lowest BCUT2D eigenvalue weighted by Gasteiger charge is -2.16. The molecule has 0 aromatic heterocycles. The molecule has 0 heterocycles. The number of nitrogens with one attached hydrogen (secondary N) is 1. The molecule has 1 amide bonds. The summed E-state index contributed by atoms with van der Waals surface area (Å²) >= 11 is 11.5. The van der Waals surface area contributed by atoms with Crippen LogP contribution in [0.5, 0.6) is 0 Å². The van der Waals surface area contributed by atoms with Gasteiger partial charge in [0.1, 0.15) is 6.04 Å². The second kappa shape index (κ2) is 6.32. The van der Waals surface area contributed by atoms with Crippen LogP contribution in [0.1, 0.15) is 5.56 Å². The number of alkyl halides is 3. The standard InChI is InChI=1S/C11H8Cl2F3NO3/c12-6-1-2-7(13)5(3-6)4-8(9(18)19)17-10(20)11(14,15)16/h1-3,8H,4H2,(H,17,20)(H,18,19). The topological polar surface area (TPSA) is 66.4 Å². The highest BCUT2D eigenvalue weighted by molar-refractivity contribution is 6.33. The summed E-state index contributed by atoms with van der Waals surface area (Å²) in [7, 11) is 0. The maximum atomic E-state index is 12.1. The summed E-state index contributed by atoms with van der Waals surface area (Å²) in [6, 6.07) is 2.38. The molecule has 1 atom stereocenters. The lowest BCUT2D eigenvalue weighted by molar-refractivity contribution is -0.175. The fraction of sp³-hybridized carbons (Fsp3) is 0.273. The van der Waals surface area contributed by atoms with Crippen LogP contribution in [0.15, 0.2) is 18.2 Å². The van der Waals surface area contributed by atoms with Gasteiger partial charge >= 0.3 is 18.1 Å². The van der Waals surface area contributed by atoms with E-state index in [2.05, 4.69) is 0 Å². The molecule has 1 aromatic carbocycles. The molecule has 4 nitrogen and oxygen atoms in total. The largest absolute Gasteiger partial charge is 0.480 e. The molecule has 0 saturated carbocycles. The van der Waals surface area contributed by atoms with Crippen molar-refractivity contribution in [1.29, 1.82) is 0 Å². The SMILES string of the molecule is O=C(O)C(Cc1cc(Cl)ccc1Cl)NC(=O)C(F)(F)F. The maximum Gasteiger partial charge on any atom is 0.471 e. The van der Waals surface area contributed by atoms with E-state index in [0.717, 1.165) is 0 Å². The Morgan fingerprint density at radius 2 is 1.90 bits per heavy atom. The monoisotopic (exact) mass is 329 g/mol. The van der Waals surface area contributed by atoms with Gasteiger partial charge in [-0.05, 0) is 23.8 Å². The van der Waals surface area contributed by atoms with Crippen LogP contribution in [0.3, 0.4) is 0 Å². The Labute approximate surface area is 121 Å². The number of rotatable bonds is 4. The van der Waals surface area contributed by atoms with E-state index in [0.29, 0.717) is 0 Å². The van der Waals surface area contributed by atoms with Crippen LogP contribution >= 0.6 is 23.2 Å². The van der Waals surface area contributed by atoms with Gasteiger partial charge in [-0.1, -0.05) is 23.2 Å². The summed E-state index contributed by atoms with van der Waals surface area (Å²) in [6.07, 6.45) is -5.58. The first-order chi connectivity index (χ1) is 9.11. The van der Waals surface area contributed by atoms with Gasteiger partial charge in [0.05, 0.1) is 0 Å². The molecule has 0 aliphatic rings. The van der Waals surface area contributed by atoms with Crippen molar-refractivity contribution in [3.8, 4) is 0 Å².